The Morgan fingerprint density at radius 1 is 1.75 bits per heavy atom. The summed E-state index contributed by atoms with van der Waals surface area (Å²) in [5.41, 5.74) is 3.37. The molecule has 0 bridgehead atoms. The summed E-state index contributed by atoms with van der Waals surface area (Å²) in [7, 11) is 1.71. The number of allylic oxidation sites excluding steroid dienone is 2. The molecule has 0 aromatic heterocycles. The van der Waals surface area contributed by atoms with Gasteiger partial charge in [-0.25, -0.2) is 0 Å². The summed E-state index contributed by atoms with van der Waals surface area (Å²) in [6, 6.07) is 0. The van der Waals surface area contributed by atoms with Crippen molar-refractivity contribution in [3.63, 3.8) is 0 Å². The quantitative estimate of drug-likeness (QED) is 0.302. The Morgan fingerprint density at radius 3 is 2.75 bits per heavy atom. The molecule has 8 heavy (non-hydrogen) atoms. The van der Waals surface area contributed by atoms with E-state index in [2.05, 4.69) is 10.4 Å². The Hall–Kier alpha value is -0.830. The molecule has 0 atom stereocenters. The Morgan fingerprint density at radius 2 is 2.38 bits per heavy atom. The van der Waals surface area contributed by atoms with E-state index in [1.54, 1.807) is 19.3 Å². The summed E-state index contributed by atoms with van der Waals surface area (Å²) in [6.45, 7) is 1.86. The van der Waals surface area contributed by atoms with Crippen LogP contribution in [-0.2, 0) is 0 Å². The van der Waals surface area contributed by atoms with E-state index >= 15 is 0 Å². The van der Waals surface area contributed by atoms with Gasteiger partial charge in [-0.2, -0.15) is 0 Å². The summed E-state index contributed by atoms with van der Waals surface area (Å²) < 4.78 is 0. The third-order valence-electron chi connectivity index (χ3n) is 0.701. The number of hydrazine groups is 1. The molecule has 0 aliphatic carbocycles. The number of nitrogens with two attached hydrogens (primary N) is 1. The average molecular weight is 113 g/mol. The highest BCUT2D eigenvalue weighted by molar-refractivity contribution is 5.71. The maximum atomic E-state index is 5.03. The minimum atomic E-state index is 0.899. The zero-order valence-corrected chi connectivity index (χ0v) is 5.18. The van der Waals surface area contributed by atoms with Crippen LogP contribution < -0.4 is 11.3 Å². The van der Waals surface area contributed by atoms with Crippen LogP contribution >= 0.6 is 0 Å². The zero-order valence-electron chi connectivity index (χ0n) is 5.18. The van der Waals surface area contributed by atoms with Crippen molar-refractivity contribution < 1.29 is 0 Å². The smallest absolute Gasteiger partial charge is 0.0277 e. The molecule has 0 aromatic rings. The van der Waals surface area contributed by atoms with E-state index in [0.717, 1.165) is 5.70 Å². The minimum Gasteiger partial charge on any atom is -0.328 e. The fourth-order valence-electron chi connectivity index (χ4n) is 0.234. The topological polar surface area (TPSA) is 50.4 Å². The summed E-state index contributed by atoms with van der Waals surface area (Å²) >= 11 is 0. The second-order valence-corrected chi connectivity index (χ2v) is 1.40. The van der Waals surface area contributed by atoms with E-state index < -0.39 is 0 Å². The van der Waals surface area contributed by atoms with Gasteiger partial charge in [0, 0.05) is 19.0 Å². The van der Waals surface area contributed by atoms with Crippen LogP contribution in [0.25, 0.3) is 0 Å². The number of hydrogen-bond donors (Lipinski definition) is 2. The predicted octanol–water partition coefficient (Wildman–Crippen LogP) is 0.0541. The lowest BCUT2D eigenvalue weighted by Crippen LogP contribution is -2.18. The van der Waals surface area contributed by atoms with E-state index in [0.29, 0.717) is 0 Å². The third kappa shape index (κ3) is 3.36. The number of aliphatic imine (C=N–C) groups is 1. The van der Waals surface area contributed by atoms with Gasteiger partial charge in [0.15, 0.2) is 0 Å². The van der Waals surface area contributed by atoms with Crippen LogP contribution in [0.4, 0.5) is 0 Å². The predicted molar refractivity (Wildman–Crippen MR) is 35.5 cm³/mol. The van der Waals surface area contributed by atoms with Crippen molar-refractivity contribution in [2.75, 3.05) is 7.05 Å². The van der Waals surface area contributed by atoms with Crippen molar-refractivity contribution in [1.82, 2.24) is 5.43 Å². The molecule has 3 heteroatoms. The standard InChI is InChI=1S/C5H11N3/c1-5(8-6)3-4-7-2/h3-4,8H,6H2,1-2H3/b5-3+,7-4?. The second-order valence-electron chi connectivity index (χ2n) is 1.40. The number of nitrogens with one attached hydrogen (secondary N) is 1. The molecule has 0 aliphatic heterocycles. The first-order valence-electron chi connectivity index (χ1n) is 2.37. The monoisotopic (exact) mass is 113 g/mol. The molecule has 0 aliphatic rings. The minimum absolute atomic E-state index is 0.899. The van der Waals surface area contributed by atoms with Crippen LogP contribution in [0, 0.1) is 0 Å². The van der Waals surface area contributed by atoms with Crippen LogP contribution in [-0.4, -0.2) is 13.3 Å². The van der Waals surface area contributed by atoms with Crippen molar-refractivity contribution in [3.8, 4) is 0 Å². The van der Waals surface area contributed by atoms with E-state index in [1.807, 2.05) is 6.92 Å². The Balaban J connectivity index is 3.57. The normalized spacial score (nSPS) is 12.6. The Bertz CT molecular complexity index is 104. The fraction of sp³-hybridized carbons (Fsp3) is 0.400. The van der Waals surface area contributed by atoms with Crippen LogP contribution in [0.3, 0.4) is 0 Å². The lowest BCUT2D eigenvalue weighted by molar-refractivity contribution is 0.888. The van der Waals surface area contributed by atoms with Crippen molar-refractivity contribution >= 4 is 6.21 Å². The first kappa shape index (κ1) is 7.17. The highest BCUT2D eigenvalue weighted by Crippen LogP contribution is 1.77. The molecule has 0 rings (SSSR count). The van der Waals surface area contributed by atoms with Gasteiger partial charge in [-0.3, -0.25) is 10.8 Å². The second kappa shape index (κ2) is 4.33. The molecule has 3 nitrogen and oxygen atoms in total. The lowest BCUT2D eigenvalue weighted by Gasteiger charge is -1.92. The maximum Gasteiger partial charge on any atom is 0.0277 e. The highest BCUT2D eigenvalue weighted by Gasteiger charge is 1.73. The van der Waals surface area contributed by atoms with Crippen LogP contribution in [0.15, 0.2) is 16.8 Å². The summed E-state index contributed by atoms with van der Waals surface area (Å²) in [5.74, 6) is 5.03. The Kier molecular flexibility index (Phi) is 3.88. The third-order valence-corrected chi connectivity index (χ3v) is 0.701. The molecule has 46 valence electrons. The summed E-state index contributed by atoms with van der Waals surface area (Å²) in [4.78, 5) is 3.73. The molecule has 3 N–H and O–H groups in total. The molecule has 0 unspecified atom stereocenters. The molecular weight excluding hydrogens is 102 g/mol. The number of nitrogens with zero attached hydrogens (tertiary/aromatic N) is 1. The largest absolute Gasteiger partial charge is 0.328 e. The average Bonchev–Trinajstić information content (AvgIpc) is 1.83. The summed E-state index contributed by atoms with van der Waals surface area (Å²) in [5, 5.41) is 0. The lowest BCUT2D eigenvalue weighted by atomic mass is 10.5. The van der Waals surface area contributed by atoms with Gasteiger partial charge in [0.1, 0.15) is 0 Å². The number of hydrogen-bond acceptors (Lipinski definition) is 3. The SMILES string of the molecule is CN=C/C=C(\C)NN. The van der Waals surface area contributed by atoms with Crippen molar-refractivity contribution in [3.05, 3.63) is 11.8 Å². The number of rotatable bonds is 2. The molecule has 0 saturated heterocycles. The van der Waals surface area contributed by atoms with Crippen LogP contribution in [0.2, 0.25) is 0 Å². The maximum absolute atomic E-state index is 5.03. The van der Waals surface area contributed by atoms with E-state index in [4.69, 9.17) is 5.84 Å². The van der Waals surface area contributed by atoms with Crippen LogP contribution in [0.5, 0.6) is 0 Å². The molecule has 0 aromatic carbocycles. The van der Waals surface area contributed by atoms with Gasteiger partial charge in [0.2, 0.25) is 0 Å². The molecule has 0 heterocycles. The van der Waals surface area contributed by atoms with Gasteiger partial charge in [-0.15, -0.1) is 0 Å². The van der Waals surface area contributed by atoms with Crippen molar-refractivity contribution in [2.45, 2.75) is 6.92 Å². The van der Waals surface area contributed by atoms with Gasteiger partial charge in [0.05, 0.1) is 0 Å². The summed E-state index contributed by atoms with van der Waals surface area (Å²) in [6.07, 6.45) is 3.47. The van der Waals surface area contributed by atoms with Crippen molar-refractivity contribution in [2.24, 2.45) is 10.8 Å². The van der Waals surface area contributed by atoms with E-state index in [-0.39, 0.29) is 0 Å². The fourth-order valence-corrected chi connectivity index (χ4v) is 0.234. The molecular formula is C5H11N3. The van der Waals surface area contributed by atoms with Gasteiger partial charge in [0.25, 0.3) is 0 Å². The van der Waals surface area contributed by atoms with Crippen molar-refractivity contribution in [1.29, 1.82) is 0 Å². The highest BCUT2D eigenvalue weighted by atomic mass is 15.2. The van der Waals surface area contributed by atoms with Crippen LogP contribution in [0.1, 0.15) is 6.92 Å². The van der Waals surface area contributed by atoms with Gasteiger partial charge < -0.3 is 5.43 Å². The molecule has 0 saturated carbocycles. The molecule has 0 amide bonds. The molecule has 0 fully saturated rings. The Labute approximate surface area is 49.3 Å². The zero-order chi connectivity index (χ0) is 6.41. The van der Waals surface area contributed by atoms with E-state index in [1.165, 1.54) is 0 Å². The molecule has 0 radical (unpaired) electrons. The molecule has 0 spiro atoms. The van der Waals surface area contributed by atoms with E-state index in [9.17, 15) is 0 Å². The first-order valence-corrected chi connectivity index (χ1v) is 2.37. The first-order chi connectivity index (χ1) is 3.81. The van der Waals surface area contributed by atoms with Gasteiger partial charge >= 0.3 is 0 Å². The van der Waals surface area contributed by atoms with Gasteiger partial charge in [-0.05, 0) is 13.0 Å². The van der Waals surface area contributed by atoms with Gasteiger partial charge in [-0.1, -0.05) is 0 Å².